The predicted molar refractivity (Wildman–Crippen MR) is 64.1 cm³/mol. The van der Waals surface area contributed by atoms with Crippen molar-refractivity contribution >= 4 is 5.91 Å². The van der Waals surface area contributed by atoms with E-state index in [-0.39, 0.29) is 5.91 Å². The predicted octanol–water partition coefficient (Wildman–Crippen LogP) is 0.420. The van der Waals surface area contributed by atoms with Gasteiger partial charge in [0.1, 0.15) is 0 Å². The molecule has 4 heteroatoms. The summed E-state index contributed by atoms with van der Waals surface area (Å²) in [7, 11) is 0. The van der Waals surface area contributed by atoms with Crippen LogP contribution in [0.15, 0.2) is 0 Å². The fourth-order valence-corrected chi connectivity index (χ4v) is 2.81. The maximum atomic E-state index is 11.7. The highest BCUT2D eigenvalue weighted by Crippen LogP contribution is 2.31. The van der Waals surface area contributed by atoms with Crippen LogP contribution in [-0.2, 0) is 4.79 Å². The van der Waals surface area contributed by atoms with Crippen LogP contribution in [0.5, 0.6) is 0 Å². The second-order valence-corrected chi connectivity index (χ2v) is 5.04. The third-order valence-corrected chi connectivity index (χ3v) is 3.62. The van der Waals surface area contributed by atoms with Gasteiger partial charge in [-0.3, -0.25) is 4.79 Å². The summed E-state index contributed by atoms with van der Waals surface area (Å²) in [5.74, 6) is 0.252. The van der Waals surface area contributed by atoms with Gasteiger partial charge in [0.2, 0.25) is 5.91 Å². The molecule has 1 aliphatic heterocycles. The van der Waals surface area contributed by atoms with Crippen LogP contribution in [0.3, 0.4) is 0 Å². The second kappa shape index (κ2) is 5.15. The summed E-state index contributed by atoms with van der Waals surface area (Å²) in [6.07, 6.45) is 4.76. The van der Waals surface area contributed by atoms with E-state index in [9.17, 15) is 4.79 Å². The Morgan fingerprint density at radius 1 is 1.38 bits per heavy atom. The molecule has 0 spiro atoms. The van der Waals surface area contributed by atoms with Gasteiger partial charge in [-0.1, -0.05) is 0 Å². The number of piperidine rings is 1. The van der Waals surface area contributed by atoms with Crippen LogP contribution in [0.4, 0.5) is 0 Å². The molecule has 2 aliphatic rings. The average Bonchev–Trinajstić information content (AvgIpc) is 3.03. The van der Waals surface area contributed by atoms with Gasteiger partial charge in [-0.25, -0.2) is 0 Å². The maximum absolute atomic E-state index is 11.7. The van der Waals surface area contributed by atoms with Gasteiger partial charge in [-0.2, -0.15) is 0 Å². The molecule has 2 rings (SSSR count). The number of carbonyl (C=O) groups is 1. The number of carbonyl (C=O) groups excluding carboxylic acids is 1. The smallest absolute Gasteiger partial charge is 0.219 e. The average molecular weight is 225 g/mol. The van der Waals surface area contributed by atoms with Gasteiger partial charge in [-0.15, -0.1) is 0 Å². The topological polar surface area (TPSA) is 49.6 Å². The Labute approximate surface area is 97.8 Å². The first-order chi connectivity index (χ1) is 7.72. The lowest BCUT2D eigenvalue weighted by Crippen LogP contribution is -2.51. The van der Waals surface area contributed by atoms with E-state index in [1.807, 2.05) is 0 Å². The highest BCUT2D eigenvalue weighted by Gasteiger charge is 2.37. The Bertz CT molecular complexity index is 251. The van der Waals surface area contributed by atoms with Crippen LogP contribution in [0, 0.1) is 0 Å². The van der Waals surface area contributed by atoms with Crippen LogP contribution < -0.4 is 5.73 Å². The molecule has 2 N–H and O–H groups in total. The third kappa shape index (κ3) is 2.74. The highest BCUT2D eigenvalue weighted by molar-refractivity contribution is 5.74. The molecule has 92 valence electrons. The van der Waals surface area contributed by atoms with E-state index in [0.717, 1.165) is 32.6 Å². The van der Waals surface area contributed by atoms with E-state index >= 15 is 0 Å². The number of rotatable bonds is 4. The Morgan fingerprint density at radius 2 is 2.12 bits per heavy atom. The molecular weight excluding hydrogens is 202 g/mol. The number of nitrogens with zero attached hydrogens (tertiary/aromatic N) is 2. The summed E-state index contributed by atoms with van der Waals surface area (Å²) in [5.41, 5.74) is 5.59. The van der Waals surface area contributed by atoms with Gasteiger partial charge >= 0.3 is 0 Å². The minimum absolute atomic E-state index is 0.252. The number of nitrogens with two attached hydrogens (primary N) is 1. The van der Waals surface area contributed by atoms with Crippen molar-refractivity contribution in [1.82, 2.24) is 9.80 Å². The van der Waals surface area contributed by atoms with E-state index in [1.165, 1.54) is 19.3 Å². The van der Waals surface area contributed by atoms with E-state index in [0.29, 0.717) is 12.1 Å². The first-order valence-electron chi connectivity index (χ1n) is 6.43. The molecule has 1 saturated carbocycles. The zero-order valence-corrected chi connectivity index (χ0v) is 10.2. The van der Waals surface area contributed by atoms with Gasteiger partial charge in [0.15, 0.2) is 0 Å². The van der Waals surface area contributed by atoms with Gasteiger partial charge in [0, 0.05) is 38.6 Å². The molecule has 0 aromatic heterocycles. The second-order valence-electron chi connectivity index (χ2n) is 5.04. The van der Waals surface area contributed by atoms with E-state index in [2.05, 4.69) is 9.80 Å². The first-order valence-corrected chi connectivity index (χ1v) is 6.43. The van der Waals surface area contributed by atoms with Crippen LogP contribution in [0.25, 0.3) is 0 Å². The van der Waals surface area contributed by atoms with Crippen molar-refractivity contribution in [2.45, 2.75) is 44.7 Å². The van der Waals surface area contributed by atoms with Crippen molar-refractivity contribution in [3.05, 3.63) is 0 Å². The minimum atomic E-state index is 0.252. The largest absolute Gasteiger partial charge is 0.336 e. The molecule has 0 radical (unpaired) electrons. The molecule has 0 unspecified atom stereocenters. The van der Waals surface area contributed by atoms with Gasteiger partial charge in [0.05, 0.1) is 0 Å². The fourth-order valence-electron chi connectivity index (χ4n) is 2.81. The summed E-state index contributed by atoms with van der Waals surface area (Å²) in [5, 5.41) is 0. The first kappa shape index (κ1) is 11.9. The number of hydrogen-bond donors (Lipinski definition) is 1. The van der Waals surface area contributed by atoms with Crippen LogP contribution in [0.2, 0.25) is 0 Å². The molecule has 1 saturated heterocycles. The summed E-state index contributed by atoms with van der Waals surface area (Å²) in [4.78, 5) is 16.2. The minimum Gasteiger partial charge on any atom is -0.336 e. The molecule has 1 atom stereocenters. The van der Waals surface area contributed by atoms with Crippen LogP contribution in [0.1, 0.15) is 32.6 Å². The molecule has 16 heavy (non-hydrogen) atoms. The molecule has 1 aliphatic carbocycles. The van der Waals surface area contributed by atoms with Crippen molar-refractivity contribution in [1.29, 1.82) is 0 Å². The lowest BCUT2D eigenvalue weighted by atomic mass is 10.0. The zero-order chi connectivity index (χ0) is 11.5. The van der Waals surface area contributed by atoms with Crippen LogP contribution >= 0.6 is 0 Å². The molecule has 4 nitrogen and oxygen atoms in total. The Hall–Kier alpha value is -0.610. The van der Waals surface area contributed by atoms with Crippen molar-refractivity contribution in [2.24, 2.45) is 5.73 Å². The molecule has 1 heterocycles. The van der Waals surface area contributed by atoms with E-state index in [4.69, 9.17) is 5.73 Å². The van der Waals surface area contributed by atoms with Gasteiger partial charge in [0.25, 0.3) is 0 Å². The van der Waals surface area contributed by atoms with Crippen molar-refractivity contribution in [3.63, 3.8) is 0 Å². The van der Waals surface area contributed by atoms with E-state index < -0.39 is 0 Å². The van der Waals surface area contributed by atoms with Gasteiger partial charge in [-0.05, 0) is 32.2 Å². The zero-order valence-electron chi connectivity index (χ0n) is 10.2. The summed E-state index contributed by atoms with van der Waals surface area (Å²) < 4.78 is 0. The molecule has 0 bridgehead atoms. The van der Waals surface area contributed by atoms with Crippen LogP contribution in [-0.4, -0.2) is 54.0 Å². The van der Waals surface area contributed by atoms with Crippen molar-refractivity contribution in [3.8, 4) is 0 Å². The molecule has 0 aromatic rings. The SMILES string of the molecule is CC(=O)N(C1CC1)[C@@H]1CCCN(CCN)C1. The standard InChI is InChI=1S/C12H23N3O/c1-10(16)15(11-4-5-11)12-3-2-7-14(9-12)8-6-13/h11-12H,2-9,13H2,1H3/t12-/m1/s1. The van der Waals surface area contributed by atoms with Crippen molar-refractivity contribution in [2.75, 3.05) is 26.2 Å². The molecular formula is C12H23N3O. The number of amides is 1. The maximum Gasteiger partial charge on any atom is 0.219 e. The molecule has 1 amide bonds. The Kier molecular flexibility index (Phi) is 3.82. The monoisotopic (exact) mass is 225 g/mol. The summed E-state index contributed by atoms with van der Waals surface area (Å²) in [6, 6.07) is 0.977. The Balaban J connectivity index is 1.93. The highest BCUT2D eigenvalue weighted by atomic mass is 16.2. The van der Waals surface area contributed by atoms with Gasteiger partial charge < -0.3 is 15.5 Å². The molecule has 0 aromatic carbocycles. The van der Waals surface area contributed by atoms with Crippen molar-refractivity contribution < 1.29 is 4.79 Å². The lowest BCUT2D eigenvalue weighted by molar-refractivity contribution is -0.133. The Morgan fingerprint density at radius 3 is 2.69 bits per heavy atom. The number of hydrogen-bond acceptors (Lipinski definition) is 3. The summed E-state index contributed by atoms with van der Waals surface area (Å²) in [6.45, 7) is 5.56. The summed E-state index contributed by atoms with van der Waals surface area (Å²) >= 11 is 0. The van der Waals surface area contributed by atoms with E-state index in [1.54, 1.807) is 6.92 Å². The quantitative estimate of drug-likeness (QED) is 0.754. The lowest BCUT2D eigenvalue weighted by Gasteiger charge is -2.39. The molecule has 2 fully saturated rings. The third-order valence-electron chi connectivity index (χ3n) is 3.62. The normalized spacial score (nSPS) is 26.8. The fraction of sp³-hybridized carbons (Fsp3) is 0.917. The number of likely N-dealkylation sites (tertiary alicyclic amines) is 1.